The van der Waals surface area contributed by atoms with Crippen molar-refractivity contribution in [2.24, 2.45) is 18.0 Å². The molecule has 1 aliphatic heterocycles. The Bertz CT molecular complexity index is 704. The van der Waals surface area contributed by atoms with Crippen LogP contribution in [0.5, 0.6) is 0 Å². The second-order valence-electron chi connectivity index (χ2n) is 7.46. The molecule has 0 aliphatic carbocycles. The lowest BCUT2D eigenvalue weighted by Gasteiger charge is -2.31. The van der Waals surface area contributed by atoms with Crippen LogP contribution in [0.3, 0.4) is 0 Å². The van der Waals surface area contributed by atoms with Crippen LogP contribution in [0.2, 0.25) is 0 Å². The van der Waals surface area contributed by atoms with Crippen molar-refractivity contribution in [3.63, 3.8) is 0 Å². The molecule has 1 N–H and O–H groups in total. The Morgan fingerprint density at radius 3 is 2.68 bits per heavy atom. The summed E-state index contributed by atoms with van der Waals surface area (Å²) in [5, 5.41) is 5.62. The third kappa shape index (κ3) is 6.77. The lowest BCUT2D eigenvalue weighted by molar-refractivity contribution is 0.182. The van der Waals surface area contributed by atoms with E-state index in [2.05, 4.69) is 76.5 Å². The number of halogens is 1. The average molecular weight is 516 g/mol. The Hall–Kier alpha value is -1.06. The summed E-state index contributed by atoms with van der Waals surface area (Å²) in [5.41, 5.74) is 1.30. The largest absolute Gasteiger partial charge is 0.357 e. The Labute approximate surface area is 190 Å². The zero-order valence-corrected chi connectivity index (χ0v) is 20.5. The number of rotatable bonds is 7. The van der Waals surface area contributed by atoms with E-state index in [0.717, 1.165) is 32.1 Å². The van der Waals surface area contributed by atoms with Gasteiger partial charge in [-0.3, -0.25) is 9.89 Å². The quantitative estimate of drug-likeness (QED) is 0.344. The first-order valence-electron chi connectivity index (χ1n) is 10.00. The number of thiophene rings is 1. The molecule has 0 saturated carbocycles. The van der Waals surface area contributed by atoms with Gasteiger partial charge in [0.05, 0.1) is 6.54 Å². The topological polar surface area (TPSA) is 35.8 Å². The maximum Gasteiger partial charge on any atom is 0.194 e. The van der Waals surface area contributed by atoms with Crippen molar-refractivity contribution in [3.05, 3.63) is 46.4 Å². The number of nitrogens with one attached hydrogen (secondary N) is 1. The molecule has 2 aromatic rings. The molecule has 0 radical (unpaired) electrons. The third-order valence-corrected chi connectivity index (χ3v) is 6.17. The van der Waals surface area contributed by atoms with Gasteiger partial charge in [0.25, 0.3) is 0 Å². The van der Waals surface area contributed by atoms with Gasteiger partial charge in [-0.1, -0.05) is 6.07 Å². The maximum absolute atomic E-state index is 4.95. The summed E-state index contributed by atoms with van der Waals surface area (Å²) in [4.78, 5) is 11.2. The van der Waals surface area contributed by atoms with E-state index in [9.17, 15) is 0 Å². The molecule has 28 heavy (non-hydrogen) atoms. The molecule has 0 atom stereocenters. The molecule has 1 aliphatic rings. The van der Waals surface area contributed by atoms with E-state index in [-0.39, 0.29) is 24.0 Å². The van der Waals surface area contributed by atoms with E-state index in [1.165, 1.54) is 36.5 Å². The molecule has 0 spiro atoms. The normalized spacial score (nSPS) is 16.0. The second kappa shape index (κ2) is 11.8. The number of nitrogens with zero attached hydrogens (tertiary/aromatic N) is 4. The van der Waals surface area contributed by atoms with Crippen molar-refractivity contribution in [1.82, 2.24) is 19.7 Å². The Morgan fingerprint density at radius 2 is 2.07 bits per heavy atom. The number of piperidine rings is 1. The molecule has 156 valence electrons. The van der Waals surface area contributed by atoms with Gasteiger partial charge in [-0.15, -0.1) is 35.3 Å². The van der Waals surface area contributed by atoms with E-state index < -0.39 is 0 Å². The number of aromatic nitrogens is 1. The van der Waals surface area contributed by atoms with Crippen molar-refractivity contribution >= 4 is 41.3 Å². The minimum atomic E-state index is 0. The monoisotopic (exact) mass is 515 g/mol. The van der Waals surface area contributed by atoms with Gasteiger partial charge in [-0.25, -0.2) is 0 Å². The predicted molar refractivity (Wildman–Crippen MR) is 131 cm³/mol. The number of aryl methyl sites for hydroxylation is 1. The van der Waals surface area contributed by atoms with E-state index in [4.69, 9.17) is 4.99 Å². The van der Waals surface area contributed by atoms with Crippen LogP contribution >= 0.6 is 35.3 Å². The molecule has 5 nitrogen and oxygen atoms in total. The first kappa shape index (κ1) is 23.2. The van der Waals surface area contributed by atoms with Gasteiger partial charge in [-0.05, 0) is 62.4 Å². The fourth-order valence-corrected chi connectivity index (χ4v) is 4.36. The number of guanidine groups is 1. The summed E-state index contributed by atoms with van der Waals surface area (Å²) in [5.74, 6) is 1.71. The van der Waals surface area contributed by atoms with Gasteiger partial charge in [0.2, 0.25) is 0 Å². The molecule has 0 aromatic carbocycles. The molecule has 3 rings (SSSR count). The van der Waals surface area contributed by atoms with Crippen molar-refractivity contribution in [2.75, 3.05) is 33.2 Å². The molecular weight excluding hydrogens is 481 g/mol. The van der Waals surface area contributed by atoms with Crippen LogP contribution in [0.25, 0.3) is 0 Å². The van der Waals surface area contributed by atoms with Crippen LogP contribution in [0.1, 0.15) is 30.3 Å². The molecule has 7 heteroatoms. The van der Waals surface area contributed by atoms with Crippen molar-refractivity contribution in [2.45, 2.75) is 32.9 Å². The minimum absolute atomic E-state index is 0. The van der Waals surface area contributed by atoms with Crippen LogP contribution in [-0.4, -0.2) is 53.6 Å². The van der Waals surface area contributed by atoms with Crippen molar-refractivity contribution in [1.29, 1.82) is 0 Å². The summed E-state index contributed by atoms with van der Waals surface area (Å²) in [6, 6.07) is 8.66. The number of aliphatic imine (C=N–C) groups is 1. The highest BCUT2D eigenvalue weighted by molar-refractivity contribution is 14.0. The second-order valence-corrected chi connectivity index (χ2v) is 8.49. The average Bonchev–Trinajstić information content (AvgIpc) is 3.32. The lowest BCUT2D eigenvalue weighted by atomic mass is 9.97. The minimum Gasteiger partial charge on any atom is -0.357 e. The van der Waals surface area contributed by atoms with E-state index >= 15 is 0 Å². The zero-order chi connectivity index (χ0) is 19.1. The molecule has 1 fully saturated rings. The van der Waals surface area contributed by atoms with Gasteiger partial charge < -0.3 is 14.8 Å². The Morgan fingerprint density at radius 1 is 1.29 bits per heavy atom. The lowest BCUT2D eigenvalue weighted by Crippen LogP contribution is -2.39. The summed E-state index contributed by atoms with van der Waals surface area (Å²) in [7, 11) is 4.22. The molecule has 3 heterocycles. The number of hydrogen-bond donors (Lipinski definition) is 1. The van der Waals surface area contributed by atoms with Crippen molar-refractivity contribution in [3.8, 4) is 0 Å². The van der Waals surface area contributed by atoms with Crippen LogP contribution in [0, 0.1) is 5.92 Å². The highest BCUT2D eigenvalue weighted by atomic mass is 127. The molecule has 2 aromatic heterocycles. The first-order chi connectivity index (χ1) is 13.2. The standard InChI is InChI=1S/C21H33N5S.HI/c1-4-22-21(25(3)16-19-7-5-11-24(19)2)23-15-18-9-12-26(13-10-18)17-20-8-6-14-27-20;/h5-8,11,14,18H,4,9-10,12-13,15-17H2,1-3H3,(H,22,23);1H. The molecule has 0 amide bonds. The zero-order valence-electron chi connectivity index (χ0n) is 17.3. The third-order valence-electron chi connectivity index (χ3n) is 5.31. The van der Waals surface area contributed by atoms with Gasteiger partial charge in [-0.2, -0.15) is 0 Å². The van der Waals surface area contributed by atoms with Gasteiger partial charge in [0, 0.05) is 50.5 Å². The summed E-state index contributed by atoms with van der Waals surface area (Å²) >= 11 is 1.86. The highest BCUT2D eigenvalue weighted by Gasteiger charge is 2.19. The summed E-state index contributed by atoms with van der Waals surface area (Å²) in [6.45, 7) is 8.31. The fourth-order valence-electron chi connectivity index (χ4n) is 3.61. The van der Waals surface area contributed by atoms with Gasteiger partial charge in [0.1, 0.15) is 0 Å². The van der Waals surface area contributed by atoms with Gasteiger partial charge >= 0.3 is 0 Å². The predicted octanol–water partition coefficient (Wildman–Crippen LogP) is 4.01. The van der Waals surface area contributed by atoms with E-state index in [0.29, 0.717) is 5.92 Å². The fraction of sp³-hybridized carbons (Fsp3) is 0.571. The van der Waals surface area contributed by atoms with Crippen LogP contribution in [-0.2, 0) is 20.1 Å². The summed E-state index contributed by atoms with van der Waals surface area (Å²) in [6.07, 6.45) is 4.59. The molecule has 1 saturated heterocycles. The SMILES string of the molecule is CCNC(=NCC1CCN(Cc2cccs2)CC1)N(C)Cc1cccn1C.I. The smallest absolute Gasteiger partial charge is 0.194 e. The van der Waals surface area contributed by atoms with E-state index in [1.54, 1.807) is 0 Å². The van der Waals surface area contributed by atoms with E-state index in [1.807, 2.05) is 11.3 Å². The number of hydrogen-bond acceptors (Lipinski definition) is 3. The molecule has 0 bridgehead atoms. The van der Waals surface area contributed by atoms with Crippen molar-refractivity contribution < 1.29 is 0 Å². The van der Waals surface area contributed by atoms with Crippen LogP contribution in [0.4, 0.5) is 0 Å². The Kier molecular flexibility index (Phi) is 9.81. The molecular formula is C21H34IN5S. The maximum atomic E-state index is 4.95. The number of likely N-dealkylation sites (tertiary alicyclic amines) is 1. The first-order valence-corrected chi connectivity index (χ1v) is 10.9. The van der Waals surface area contributed by atoms with Crippen LogP contribution in [0.15, 0.2) is 40.8 Å². The van der Waals surface area contributed by atoms with Gasteiger partial charge in [0.15, 0.2) is 5.96 Å². The molecule has 0 unspecified atom stereocenters. The highest BCUT2D eigenvalue weighted by Crippen LogP contribution is 2.21. The van der Waals surface area contributed by atoms with Crippen LogP contribution < -0.4 is 5.32 Å². The Balaban J connectivity index is 0.00000280. The summed E-state index contributed by atoms with van der Waals surface area (Å²) < 4.78 is 2.17.